The number of rotatable bonds is 7. The summed E-state index contributed by atoms with van der Waals surface area (Å²) in [6.07, 6.45) is 2.07. The lowest BCUT2D eigenvalue weighted by Crippen LogP contribution is -2.13. The summed E-state index contributed by atoms with van der Waals surface area (Å²) in [5, 5.41) is 0.766. The summed E-state index contributed by atoms with van der Waals surface area (Å²) in [7, 11) is 4.18. The SMILES string of the molecule is Cc1cccc(COc2ccc(Cl)cc2CCCN(C)C)c1. The van der Waals surface area contributed by atoms with Gasteiger partial charge in [0.1, 0.15) is 12.4 Å². The van der Waals surface area contributed by atoms with Crippen LogP contribution in [0.5, 0.6) is 5.75 Å². The number of hydrogen-bond acceptors (Lipinski definition) is 2. The van der Waals surface area contributed by atoms with Crippen LogP contribution in [0.25, 0.3) is 0 Å². The maximum Gasteiger partial charge on any atom is 0.123 e. The Labute approximate surface area is 138 Å². The van der Waals surface area contributed by atoms with E-state index in [1.807, 2.05) is 18.2 Å². The minimum absolute atomic E-state index is 0.587. The highest BCUT2D eigenvalue weighted by Gasteiger charge is 2.06. The highest BCUT2D eigenvalue weighted by molar-refractivity contribution is 6.30. The van der Waals surface area contributed by atoms with E-state index in [1.165, 1.54) is 16.7 Å². The van der Waals surface area contributed by atoms with E-state index in [0.717, 1.165) is 30.2 Å². The van der Waals surface area contributed by atoms with Gasteiger partial charge in [0.25, 0.3) is 0 Å². The Morgan fingerprint density at radius 2 is 1.91 bits per heavy atom. The average molecular weight is 318 g/mol. The third-order valence-corrected chi connectivity index (χ3v) is 3.79. The highest BCUT2D eigenvalue weighted by Crippen LogP contribution is 2.25. The maximum atomic E-state index is 6.13. The van der Waals surface area contributed by atoms with E-state index in [2.05, 4.69) is 50.2 Å². The minimum Gasteiger partial charge on any atom is -0.489 e. The number of halogens is 1. The lowest BCUT2D eigenvalue weighted by molar-refractivity contribution is 0.302. The second-order valence-corrected chi connectivity index (χ2v) is 6.37. The van der Waals surface area contributed by atoms with E-state index in [1.54, 1.807) is 0 Å². The number of aryl methyl sites for hydroxylation is 2. The Hall–Kier alpha value is -1.51. The number of nitrogens with zero attached hydrogens (tertiary/aromatic N) is 1. The Balaban J connectivity index is 2.03. The van der Waals surface area contributed by atoms with Crippen LogP contribution < -0.4 is 4.74 Å². The molecule has 2 rings (SSSR count). The lowest BCUT2D eigenvalue weighted by atomic mass is 10.1. The van der Waals surface area contributed by atoms with Crippen LogP contribution in [-0.4, -0.2) is 25.5 Å². The summed E-state index contributed by atoms with van der Waals surface area (Å²) in [6.45, 7) is 3.74. The summed E-state index contributed by atoms with van der Waals surface area (Å²) in [6, 6.07) is 14.3. The molecule has 0 saturated heterocycles. The van der Waals surface area contributed by atoms with Crippen molar-refractivity contribution in [1.29, 1.82) is 0 Å². The molecule has 0 aliphatic rings. The molecule has 0 unspecified atom stereocenters. The molecule has 0 aliphatic heterocycles. The van der Waals surface area contributed by atoms with Gasteiger partial charge in [-0.25, -0.2) is 0 Å². The van der Waals surface area contributed by atoms with Gasteiger partial charge in [0.2, 0.25) is 0 Å². The van der Waals surface area contributed by atoms with E-state index < -0.39 is 0 Å². The first-order chi connectivity index (χ1) is 10.5. The van der Waals surface area contributed by atoms with Crippen LogP contribution in [0.1, 0.15) is 23.1 Å². The maximum absolute atomic E-state index is 6.13. The zero-order valence-corrected chi connectivity index (χ0v) is 14.4. The fraction of sp³-hybridized carbons (Fsp3) is 0.368. The zero-order chi connectivity index (χ0) is 15.9. The Morgan fingerprint density at radius 3 is 2.64 bits per heavy atom. The molecule has 0 aromatic heterocycles. The lowest BCUT2D eigenvalue weighted by Gasteiger charge is -2.14. The van der Waals surface area contributed by atoms with Gasteiger partial charge in [-0.05, 0) is 69.7 Å². The third kappa shape index (κ3) is 5.36. The molecule has 0 saturated carbocycles. The molecule has 22 heavy (non-hydrogen) atoms. The predicted octanol–water partition coefficient (Wildman–Crippen LogP) is 4.72. The largest absolute Gasteiger partial charge is 0.489 e. The molecular weight excluding hydrogens is 294 g/mol. The van der Waals surface area contributed by atoms with Gasteiger partial charge in [0, 0.05) is 5.02 Å². The zero-order valence-electron chi connectivity index (χ0n) is 13.6. The van der Waals surface area contributed by atoms with Gasteiger partial charge in [-0.2, -0.15) is 0 Å². The fourth-order valence-electron chi connectivity index (χ4n) is 2.43. The molecule has 0 amide bonds. The molecule has 0 radical (unpaired) electrons. The molecule has 0 fully saturated rings. The molecule has 0 bridgehead atoms. The first kappa shape index (κ1) is 16.9. The van der Waals surface area contributed by atoms with E-state index in [4.69, 9.17) is 16.3 Å². The molecule has 0 spiro atoms. The van der Waals surface area contributed by atoms with Crippen LogP contribution in [0, 0.1) is 6.92 Å². The van der Waals surface area contributed by atoms with Crippen molar-refractivity contribution in [1.82, 2.24) is 4.90 Å². The smallest absolute Gasteiger partial charge is 0.123 e. The van der Waals surface area contributed by atoms with Crippen molar-refractivity contribution < 1.29 is 4.74 Å². The minimum atomic E-state index is 0.587. The molecular formula is C19H24ClNO. The van der Waals surface area contributed by atoms with Crippen molar-refractivity contribution >= 4 is 11.6 Å². The first-order valence-electron chi connectivity index (χ1n) is 7.66. The van der Waals surface area contributed by atoms with Crippen LogP contribution in [0.15, 0.2) is 42.5 Å². The van der Waals surface area contributed by atoms with Crippen LogP contribution >= 0.6 is 11.6 Å². The fourth-order valence-corrected chi connectivity index (χ4v) is 2.63. The van der Waals surface area contributed by atoms with Crippen LogP contribution in [0.3, 0.4) is 0 Å². The predicted molar refractivity (Wildman–Crippen MR) is 93.8 cm³/mol. The molecule has 0 aliphatic carbocycles. The molecule has 2 aromatic carbocycles. The Bertz CT molecular complexity index is 610. The molecule has 3 heteroatoms. The first-order valence-corrected chi connectivity index (χ1v) is 8.04. The van der Waals surface area contributed by atoms with Crippen LogP contribution in [-0.2, 0) is 13.0 Å². The second-order valence-electron chi connectivity index (χ2n) is 5.94. The normalized spacial score (nSPS) is 11.0. The van der Waals surface area contributed by atoms with Crippen molar-refractivity contribution in [3.05, 3.63) is 64.2 Å². The van der Waals surface area contributed by atoms with Gasteiger partial charge in [0.05, 0.1) is 0 Å². The van der Waals surface area contributed by atoms with E-state index in [-0.39, 0.29) is 0 Å². The highest BCUT2D eigenvalue weighted by atomic mass is 35.5. The van der Waals surface area contributed by atoms with Crippen molar-refractivity contribution in [3.63, 3.8) is 0 Å². The number of ether oxygens (including phenoxy) is 1. The van der Waals surface area contributed by atoms with Gasteiger partial charge in [-0.1, -0.05) is 41.4 Å². The van der Waals surface area contributed by atoms with E-state index >= 15 is 0 Å². The van der Waals surface area contributed by atoms with Gasteiger partial charge >= 0.3 is 0 Å². The topological polar surface area (TPSA) is 12.5 Å². The van der Waals surface area contributed by atoms with Crippen molar-refractivity contribution in [2.75, 3.05) is 20.6 Å². The Morgan fingerprint density at radius 1 is 1.09 bits per heavy atom. The molecule has 0 heterocycles. The summed E-state index contributed by atoms with van der Waals surface area (Å²) in [5.41, 5.74) is 3.62. The van der Waals surface area contributed by atoms with E-state index in [9.17, 15) is 0 Å². The molecule has 0 N–H and O–H groups in total. The summed E-state index contributed by atoms with van der Waals surface area (Å²) in [4.78, 5) is 2.19. The van der Waals surface area contributed by atoms with Gasteiger partial charge in [-0.15, -0.1) is 0 Å². The summed E-state index contributed by atoms with van der Waals surface area (Å²) in [5.74, 6) is 0.935. The second kappa shape index (κ2) is 8.21. The molecule has 2 aromatic rings. The standard InChI is InChI=1S/C19H24ClNO/c1-15-6-4-7-16(12-15)14-22-19-10-9-18(20)13-17(19)8-5-11-21(2)3/h4,6-7,9-10,12-13H,5,8,11,14H2,1-3H3. The molecule has 118 valence electrons. The molecule has 0 atom stereocenters. The van der Waals surface area contributed by atoms with E-state index in [0.29, 0.717) is 6.61 Å². The Kier molecular flexibility index (Phi) is 6.29. The van der Waals surface area contributed by atoms with Crippen molar-refractivity contribution in [3.8, 4) is 5.75 Å². The summed E-state index contributed by atoms with van der Waals surface area (Å²) < 4.78 is 6.02. The van der Waals surface area contributed by atoms with Crippen LogP contribution in [0.4, 0.5) is 0 Å². The van der Waals surface area contributed by atoms with Gasteiger partial charge in [0.15, 0.2) is 0 Å². The number of benzene rings is 2. The quantitative estimate of drug-likeness (QED) is 0.732. The van der Waals surface area contributed by atoms with Crippen LogP contribution in [0.2, 0.25) is 5.02 Å². The average Bonchev–Trinajstić information content (AvgIpc) is 2.46. The summed E-state index contributed by atoms with van der Waals surface area (Å²) >= 11 is 6.13. The monoisotopic (exact) mass is 317 g/mol. The van der Waals surface area contributed by atoms with Crippen molar-refractivity contribution in [2.45, 2.75) is 26.4 Å². The molecule has 2 nitrogen and oxygen atoms in total. The van der Waals surface area contributed by atoms with Gasteiger partial charge < -0.3 is 9.64 Å². The number of hydrogen-bond donors (Lipinski definition) is 0. The van der Waals surface area contributed by atoms with Crippen molar-refractivity contribution in [2.24, 2.45) is 0 Å². The van der Waals surface area contributed by atoms with Gasteiger partial charge in [-0.3, -0.25) is 0 Å². The third-order valence-electron chi connectivity index (χ3n) is 3.55.